The van der Waals surface area contributed by atoms with E-state index in [0.717, 1.165) is 25.4 Å². The minimum atomic E-state index is 0.00408. The van der Waals surface area contributed by atoms with Gasteiger partial charge in [0.15, 0.2) is 6.79 Å². The van der Waals surface area contributed by atoms with Crippen molar-refractivity contribution in [2.24, 2.45) is 0 Å². The van der Waals surface area contributed by atoms with E-state index in [-0.39, 0.29) is 12.2 Å². The van der Waals surface area contributed by atoms with Crippen molar-refractivity contribution in [3.8, 4) is 5.75 Å². The fourth-order valence-corrected chi connectivity index (χ4v) is 5.05. The van der Waals surface area contributed by atoms with Gasteiger partial charge in [-0.2, -0.15) is 0 Å². The van der Waals surface area contributed by atoms with E-state index in [2.05, 4.69) is 83.7 Å². The first-order valence-electron chi connectivity index (χ1n) is 10.6. The van der Waals surface area contributed by atoms with Crippen molar-refractivity contribution in [1.82, 2.24) is 4.90 Å². The highest BCUT2D eigenvalue weighted by atomic mass is 31.1. The fourth-order valence-electron chi connectivity index (χ4n) is 3.56. The average molecular weight is 416 g/mol. The molecule has 2 aromatic rings. The molecule has 0 saturated carbocycles. The van der Waals surface area contributed by atoms with Crippen molar-refractivity contribution in [3.63, 3.8) is 0 Å². The number of hydrogen-bond acceptors (Lipinski definition) is 3. The Hall–Kier alpha value is -1.41. The van der Waals surface area contributed by atoms with Gasteiger partial charge < -0.3 is 9.47 Å². The number of aryl methyl sites for hydroxylation is 2. The summed E-state index contributed by atoms with van der Waals surface area (Å²) >= 11 is 0. The van der Waals surface area contributed by atoms with E-state index >= 15 is 0 Å². The van der Waals surface area contributed by atoms with Gasteiger partial charge in [-0.3, -0.25) is 4.90 Å². The van der Waals surface area contributed by atoms with Gasteiger partial charge in [0, 0.05) is 24.5 Å². The van der Waals surface area contributed by atoms with Crippen LogP contribution in [0.3, 0.4) is 0 Å². The largest absolute Gasteiger partial charge is 0.467 e. The van der Waals surface area contributed by atoms with Crippen LogP contribution in [0.5, 0.6) is 5.75 Å². The smallest absolute Gasteiger partial charge is 0.188 e. The van der Waals surface area contributed by atoms with Gasteiger partial charge in [-0.1, -0.05) is 67.5 Å². The van der Waals surface area contributed by atoms with Crippen LogP contribution < -0.4 is 15.3 Å². The zero-order valence-electron chi connectivity index (χ0n) is 19.5. The lowest BCUT2D eigenvalue weighted by atomic mass is 9.85. The molecule has 2 rings (SSSR count). The number of benzene rings is 2. The summed E-state index contributed by atoms with van der Waals surface area (Å²) in [7, 11) is 2.23. The molecule has 0 fully saturated rings. The van der Waals surface area contributed by atoms with Crippen molar-refractivity contribution in [1.29, 1.82) is 0 Å². The Morgan fingerprint density at radius 3 is 2.31 bits per heavy atom. The van der Waals surface area contributed by atoms with Crippen molar-refractivity contribution >= 4 is 19.2 Å². The third-order valence-corrected chi connectivity index (χ3v) is 6.88. The lowest BCUT2D eigenvalue weighted by Gasteiger charge is -2.26. The van der Waals surface area contributed by atoms with Crippen LogP contribution in [0, 0.1) is 13.8 Å². The van der Waals surface area contributed by atoms with Crippen LogP contribution in [0.25, 0.3) is 0 Å². The van der Waals surface area contributed by atoms with E-state index in [4.69, 9.17) is 9.47 Å². The summed E-state index contributed by atoms with van der Waals surface area (Å²) in [5.41, 5.74) is 5.30. The summed E-state index contributed by atoms with van der Waals surface area (Å²) < 4.78 is 11.4. The molecule has 0 saturated heterocycles. The quantitative estimate of drug-likeness (QED) is 0.422. The molecule has 0 N–H and O–H groups in total. The zero-order valence-corrected chi connectivity index (χ0v) is 20.5. The molecule has 0 amide bonds. The predicted octanol–water partition coefficient (Wildman–Crippen LogP) is 5.05. The summed E-state index contributed by atoms with van der Waals surface area (Å²) in [6.45, 7) is 19.0. The molecule has 1 unspecified atom stereocenters. The number of nitrogens with zero attached hydrogens (tertiary/aromatic N) is 1. The minimum Gasteiger partial charge on any atom is -0.467 e. The molecular formula is C25H38NO2P. The summed E-state index contributed by atoms with van der Waals surface area (Å²) in [5, 5.41) is 2.70. The van der Waals surface area contributed by atoms with E-state index in [1.54, 1.807) is 7.11 Å². The maximum Gasteiger partial charge on any atom is 0.188 e. The Balaban J connectivity index is 2.55. The van der Waals surface area contributed by atoms with Gasteiger partial charge in [-0.15, -0.1) is 0 Å². The van der Waals surface area contributed by atoms with Gasteiger partial charge in [0.1, 0.15) is 5.75 Å². The summed E-state index contributed by atoms with van der Waals surface area (Å²) in [4.78, 5) is 2.47. The number of rotatable bonds is 9. The normalized spacial score (nSPS) is 12.3. The monoisotopic (exact) mass is 415 g/mol. The lowest BCUT2D eigenvalue weighted by molar-refractivity contribution is 0.0506. The Morgan fingerprint density at radius 2 is 1.72 bits per heavy atom. The topological polar surface area (TPSA) is 21.7 Å². The molecule has 2 aromatic carbocycles. The first-order chi connectivity index (χ1) is 13.7. The standard InChI is InChI=1S/C25H38NO2P/c1-9-26(10-2)16-20-13-11-12-19(4)24(20)29-22-15-18(3)14-21(25(5,6)7)23(22)28-17-27-8/h11-15,29H,9-10,16-17H2,1-8H3. The Bertz CT molecular complexity index is 807. The third-order valence-electron chi connectivity index (χ3n) is 5.27. The van der Waals surface area contributed by atoms with E-state index < -0.39 is 0 Å². The number of ether oxygens (including phenoxy) is 2. The second-order valence-electron chi connectivity index (χ2n) is 8.69. The van der Waals surface area contributed by atoms with Crippen molar-refractivity contribution in [2.75, 3.05) is 27.0 Å². The summed E-state index contributed by atoms with van der Waals surface area (Å²) in [5.74, 6) is 0.986. The SMILES string of the molecule is CCN(CC)Cc1cccc(C)c1Pc1cc(C)cc(C(C)(C)C)c1OCOC. The molecule has 0 aliphatic heterocycles. The lowest BCUT2D eigenvalue weighted by Crippen LogP contribution is -2.26. The van der Waals surface area contributed by atoms with Gasteiger partial charge in [-0.25, -0.2) is 0 Å². The molecule has 0 radical (unpaired) electrons. The van der Waals surface area contributed by atoms with Crippen LogP contribution in [0.4, 0.5) is 0 Å². The average Bonchev–Trinajstić information content (AvgIpc) is 2.66. The number of methoxy groups -OCH3 is 1. The Morgan fingerprint density at radius 1 is 1.03 bits per heavy atom. The molecule has 29 heavy (non-hydrogen) atoms. The molecule has 1 atom stereocenters. The van der Waals surface area contributed by atoms with E-state index in [9.17, 15) is 0 Å². The second-order valence-corrected chi connectivity index (χ2v) is 9.97. The predicted molar refractivity (Wildman–Crippen MR) is 128 cm³/mol. The molecule has 160 valence electrons. The van der Waals surface area contributed by atoms with E-state index in [1.807, 2.05) is 0 Å². The Kier molecular flexibility index (Phi) is 8.70. The highest BCUT2D eigenvalue weighted by molar-refractivity contribution is 7.56. The first kappa shape index (κ1) is 23.9. The molecule has 0 bridgehead atoms. The Labute approximate surface area is 179 Å². The van der Waals surface area contributed by atoms with Crippen LogP contribution in [0.1, 0.15) is 56.9 Å². The van der Waals surface area contributed by atoms with Crippen LogP contribution in [0.15, 0.2) is 30.3 Å². The van der Waals surface area contributed by atoms with Crippen LogP contribution in [-0.4, -0.2) is 31.9 Å². The highest BCUT2D eigenvalue weighted by Crippen LogP contribution is 2.35. The molecule has 0 aliphatic rings. The first-order valence-corrected chi connectivity index (χ1v) is 11.6. The maximum absolute atomic E-state index is 6.15. The van der Waals surface area contributed by atoms with Crippen molar-refractivity contribution < 1.29 is 9.47 Å². The molecule has 0 spiro atoms. The van der Waals surface area contributed by atoms with Crippen LogP contribution in [0.2, 0.25) is 0 Å². The maximum atomic E-state index is 6.15. The molecule has 0 aromatic heterocycles. The van der Waals surface area contributed by atoms with Gasteiger partial charge in [0.05, 0.1) is 0 Å². The third kappa shape index (κ3) is 6.28. The minimum absolute atomic E-state index is 0.00408. The second kappa shape index (κ2) is 10.6. The van der Waals surface area contributed by atoms with Crippen LogP contribution in [-0.2, 0) is 16.7 Å². The van der Waals surface area contributed by atoms with Crippen molar-refractivity contribution in [3.05, 3.63) is 52.6 Å². The fraction of sp³-hybridized carbons (Fsp3) is 0.520. The molecule has 3 nitrogen and oxygen atoms in total. The van der Waals surface area contributed by atoms with Gasteiger partial charge >= 0.3 is 0 Å². The van der Waals surface area contributed by atoms with Gasteiger partial charge in [0.25, 0.3) is 0 Å². The van der Waals surface area contributed by atoms with Gasteiger partial charge in [0.2, 0.25) is 0 Å². The molecule has 4 heteroatoms. The van der Waals surface area contributed by atoms with Crippen LogP contribution >= 0.6 is 8.58 Å². The number of hydrogen-bond donors (Lipinski definition) is 0. The zero-order chi connectivity index (χ0) is 21.6. The van der Waals surface area contributed by atoms with E-state index in [1.165, 1.54) is 32.9 Å². The molecule has 0 heterocycles. The van der Waals surface area contributed by atoms with Gasteiger partial charge in [-0.05, 0) is 60.4 Å². The van der Waals surface area contributed by atoms with Crippen molar-refractivity contribution in [2.45, 2.75) is 60.4 Å². The highest BCUT2D eigenvalue weighted by Gasteiger charge is 2.23. The summed E-state index contributed by atoms with van der Waals surface area (Å²) in [6, 6.07) is 11.2. The summed E-state index contributed by atoms with van der Waals surface area (Å²) in [6.07, 6.45) is 0. The molecule has 0 aliphatic carbocycles. The van der Waals surface area contributed by atoms with E-state index in [0.29, 0.717) is 8.58 Å². The molecular weight excluding hydrogens is 377 g/mol.